The van der Waals surface area contributed by atoms with Crippen molar-refractivity contribution in [3.63, 3.8) is 0 Å². The number of benzene rings is 2. The maximum atomic E-state index is 12.8. The lowest BCUT2D eigenvalue weighted by Crippen LogP contribution is -2.17. The molecule has 44 heavy (non-hydrogen) atoms. The van der Waals surface area contributed by atoms with Crippen molar-refractivity contribution in [2.24, 2.45) is 7.05 Å². The average Bonchev–Trinajstić information content (AvgIpc) is 3.22. The zero-order valence-electron chi connectivity index (χ0n) is 26.3. The molecule has 236 valence electrons. The van der Waals surface area contributed by atoms with Gasteiger partial charge in [-0.05, 0) is 56.2 Å². The number of aryl methyl sites for hydroxylation is 1. The SMILES string of the molecule is COc1c(NS(C)(=O)=O)cc(C(C)(C)C)cc1-c1c(C(=O)O)n(C)c2c(Oc3ccnc(NCCCN(C)C)n3)cccc12. The van der Waals surface area contributed by atoms with Gasteiger partial charge in [0, 0.05) is 42.4 Å². The first-order valence-electron chi connectivity index (χ1n) is 14.1. The Morgan fingerprint density at radius 2 is 1.89 bits per heavy atom. The highest BCUT2D eigenvalue weighted by molar-refractivity contribution is 7.92. The number of nitrogens with one attached hydrogen (secondary N) is 2. The molecule has 0 unspecified atom stereocenters. The Morgan fingerprint density at radius 3 is 2.50 bits per heavy atom. The van der Waals surface area contributed by atoms with Gasteiger partial charge in [0.15, 0.2) is 11.5 Å². The van der Waals surface area contributed by atoms with Gasteiger partial charge in [-0.1, -0.05) is 32.9 Å². The van der Waals surface area contributed by atoms with Crippen LogP contribution in [0.5, 0.6) is 17.4 Å². The molecular weight excluding hydrogens is 584 g/mol. The van der Waals surface area contributed by atoms with Crippen molar-refractivity contribution in [2.45, 2.75) is 32.6 Å². The van der Waals surface area contributed by atoms with Crippen molar-refractivity contribution in [3.8, 4) is 28.5 Å². The first-order valence-corrected chi connectivity index (χ1v) is 15.9. The largest absolute Gasteiger partial charge is 0.494 e. The summed E-state index contributed by atoms with van der Waals surface area (Å²) in [6.45, 7) is 7.57. The van der Waals surface area contributed by atoms with E-state index >= 15 is 0 Å². The third-order valence-electron chi connectivity index (χ3n) is 7.01. The molecule has 0 radical (unpaired) electrons. The molecule has 2 aromatic heterocycles. The molecule has 4 rings (SSSR count). The van der Waals surface area contributed by atoms with Gasteiger partial charge in [0.1, 0.15) is 5.69 Å². The molecule has 0 atom stereocenters. The monoisotopic (exact) mass is 624 g/mol. The van der Waals surface area contributed by atoms with Gasteiger partial charge in [0.25, 0.3) is 0 Å². The molecule has 0 bridgehead atoms. The third kappa shape index (κ3) is 7.22. The van der Waals surface area contributed by atoms with Crippen LogP contribution >= 0.6 is 0 Å². The molecule has 0 aliphatic heterocycles. The van der Waals surface area contributed by atoms with E-state index in [1.165, 1.54) is 7.11 Å². The number of carboxylic acid groups (broad SMARTS) is 1. The fourth-order valence-electron chi connectivity index (χ4n) is 5.02. The summed E-state index contributed by atoms with van der Waals surface area (Å²) in [5.74, 6) is 0.120. The van der Waals surface area contributed by atoms with Crippen LogP contribution < -0.4 is 19.5 Å². The number of fused-ring (bicyclic) bond motifs is 1. The zero-order valence-corrected chi connectivity index (χ0v) is 27.2. The maximum absolute atomic E-state index is 12.8. The molecule has 12 nitrogen and oxygen atoms in total. The number of hydrogen-bond donors (Lipinski definition) is 3. The van der Waals surface area contributed by atoms with Gasteiger partial charge in [-0.15, -0.1) is 0 Å². The number of carbonyl (C=O) groups is 1. The second-order valence-corrected chi connectivity index (χ2v) is 13.6. The number of carboxylic acids is 1. The summed E-state index contributed by atoms with van der Waals surface area (Å²) >= 11 is 0. The minimum Gasteiger partial charge on any atom is -0.494 e. The normalized spacial score (nSPS) is 12.0. The van der Waals surface area contributed by atoms with Crippen molar-refractivity contribution in [3.05, 3.63) is 53.9 Å². The van der Waals surface area contributed by atoms with E-state index in [1.54, 1.807) is 48.1 Å². The van der Waals surface area contributed by atoms with E-state index < -0.39 is 21.4 Å². The topological polar surface area (TPSA) is 148 Å². The minimum absolute atomic E-state index is 0.0170. The van der Waals surface area contributed by atoms with Crippen LogP contribution in [0.15, 0.2) is 42.6 Å². The quantitative estimate of drug-likeness (QED) is 0.180. The number of ether oxygens (including phenoxy) is 2. The van der Waals surface area contributed by atoms with Gasteiger partial charge in [-0.25, -0.2) is 18.2 Å². The average molecular weight is 625 g/mol. The van der Waals surface area contributed by atoms with Crippen LogP contribution in [0.3, 0.4) is 0 Å². The summed E-state index contributed by atoms with van der Waals surface area (Å²) in [7, 11) is 3.41. The molecule has 3 N–H and O–H groups in total. The van der Waals surface area contributed by atoms with Crippen molar-refractivity contribution in [1.29, 1.82) is 0 Å². The Morgan fingerprint density at radius 1 is 1.16 bits per heavy atom. The predicted octanol–water partition coefficient (Wildman–Crippen LogP) is 5.17. The molecular formula is C31H40N6O6S. The smallest absolute Gasteiger partial charge is 0.353 e. The number of methoxy groups -OCH3 is 1. The van der Waals surface area contributed by atoms with Crippen LogP contribution in [0.1, 0.15) is 43.2 Å². The summed E-state index contributed by atoms with van der Waals surface area (Å²) in [5, 5.41) is 14.2. The molecule has 4 aromatic rings. The number of hydrogen-bond acceptors (Lipinski definition) is 9. The summed E-state index contributed by atoms with van der Waals surface area (Å²) in [6.07, 6.45) is 3.55. The Kier molecular flexibility index (Phi) is 9.40. The van der Waals surface area contributed by atoms with E-state index in [4.69, 9.17) is 9.47 Å². The third-order valence-corrected chi connectivity index (χ3v) is 7.60. The molecule has 2 heterocycles. The van der Waals surface area contributed by atoms with Crippen LogP contribution in [-0.4, -0.2) is 79.5 Å². The minimum atomic E-state index is -3.68. The van der Waals surface area contributed by atoms with Crippen LogP contribution in [0.2, 0.25) is 0 Å². The molecule has 0 amide bonds. The number of aromatic carboxylic acids is 1. The Balaban J connectivity index is 1.89. The van der Waals surface area contributed by atoms with Crippen LogP contribution in [-0.2, 0) is 22.5 Å². The second kappa shape index (κ2) is 12.7. The van der Waals surface area contributed by atoms with Crippen molar-refractivity contribution < 1.29 is 27.8 Å². The molecule has 0 fully saturated rings. The molecule has 2 aromatic carbocycles. The van der Waals surface area contributed by atoms with Crippen LogP contribution in [0.4, 0.5) is 11.6 Å². The molecule has 0 saturated carbocycles. The summed E-state index contributed by atoms with van der Waals surface area (Å²) in [4.78, 5) is 23.7. The van der Waals surface area contributed by atoms with Gasteiger partial charge in [-0.3, -0.25) is 4.72 Å². The number of sulfonamides is 1. The predicted molar refractivity (Wildman–Crippen MR) is 173 cm³/mol. The van der Waals surface area contributed by atoms with Gasteiger partial charge in [0.2, 0.25) is 21.9 Å². The van der Waals surface area contributed by atoms with Crippen LogP contribution in [0, 0.1) is 0 Å². The van der Waals surface area contributed by atoms with E-state index in [-0.39, 0.29) is 23.0 Å². The Bertz CT molecular complexity index is 1790. The molecule has 0 saturated heterocycles. The van der Waals surface area contributed by atoms with E-state index in [9.17, 15) is 18.3 Å². The highest BCUT2D eigenvalue weighted by Crippen LogP contribution is 2.47. The van der Waals surface area contributed by atoms with Crippen molar-refractivity contribution in [2.75, 3.05) is 50.6 Å². The number of nitrogens with zero attached hydrogens (tertiary/aromatic N) is 4. The van der Waals surface area contributed by atoms with Crippen molar-refractivity contribution >= 4 is 38.5 Å². The number of aromatic nitrogens is 3. The lowest BCUT2D eigenvalue weighted by molar-refractivity contribution is 0.0688. The zero-order chi connectivity index (χ0) is 32.4. The maximum Gasteiger partial charge on any atom is 0.353 e. The Hall–Kier alpha value is -4.36. The standard InChI is InChI=1S/C31H40N6O6S/c1-31(2,3)19-17-21(28(42-7)22(18-19)35-44(8,40)41)25-20-11-9-12-23(26(20)37(6)27(25)29(38)39)43-24-13-15-33-30(34-24)32-14-10-16-36(4)5/h9,11-13,15,17-18,35H,10,14,16H2,1-8H3,(H,38,39)(H,32,33,34). The highest BCUT2D eigenvalue weighted by Gasteiger charge is 2.29. The fourth-order valence-corrected chi connectivity index (χ4v) is 5.57. The summed E-state index contributed by atoms with van der Waals surface area (Å²) in [5.41, 5.74) is 1.89. The fraction of sp³-hybridized carbons (Fsp3) is 0.387. The van der Waals surface area contributed by atoms with Crippen molar-refractivity contribution in [1.82, 2.24) is 19.4 Å². The second-order valence-electron chi connectivity index (χ2n) is 11.9. The molecule has 13 heteroatoms. The highest BCUT2D eigenvalue weighted by atomic mass is 32.2. The van der Waals surface area contributed by atoms with E-state index in [1.807, 2.05) is 40.9 Å². The lowest BCUT2D eigenvalue weighted by atomic mass is 9.84. The number of anilines is 2. The summed E-state index contributed by atoms with van der Waals surface area (Å²) in [6, 6.07) is 10.5. The lowest BCUT2D eigenvalue weighted by Gasteiger charge is -2.24. The Labute approximate surface area is 258 Å². The van der Waals surface area contributed by atoms with Gasteiger partial charge in [-0.2, -0.15) is 4.98 Å². The molecule has 0 spiro atoms. The van der Waals surface area contributed by atoms with Gasteiger partial charge in [0.05, 0.1) is 24.6 Å². The van der Waals surface area contributed by atoms with Gasteiger partial charge >= 0.3 is 5.97 Å². The molecule has 0 aliphatic carbocycles. The number of para-hydroxylation sites is 1. The first-order chi connectivity index (χ1) is 20.6. The summed E-state index contributed by atoms with van der Waals surface area (Å²) < 4.78 is 40.7. The molecule has 0 aliphatic rings. The first kappa shape index (κ1) is 32.6. The van der Waals surface area contributed by atoms with E-state index in [0.717, 1.165) is 24.8 Å². The van der Waals surface area contributed by atoms with E-state index in [2.05, 4.69) is 24.9 Å². The number of rotatable bonds is 12. The van der Waals surface area contributed by atoms with E-state index in [0.29, 0.717) is 40.3 Å². The van der Waals surface area contributed by atoms with Crippen LogP contribution in [0.25, 0.3) is 22.0 Å². The van der Waals surface area contributed by atoms with Gasteiger partial charge < -0.3 is 29.4 Å².